The van der Waals surface area contributed by atoms with E-state index >= 15 is 0 Å². The van der Waals surface area contributed by atoms with Gasteiger partial charge >= 0.3 is 0 Å². The molecule has 3 rings (SSSR count). The lowest BCUT2D eigenvalue weighted by molar-refractivity contribution is -0.117. The summed E-state index contributed by atoms with van der Waals surface area (Å²) in [5.41, 5.74) is 1.76. The maximum Gasteiger partial charge on any atom is 0.246 e. The number of benzene rings is 2. The van der Waals surface area contributed by atoms with E-state index in [4.69, 9.17) is 0 Å². The van der Waals surface area contributed by atoms with E-state index in [1.54, 1.807) is 30.3 Å². The van der Waals surface area contributed by atoms with E-state index in [0.717, 1.165) is 4.31 Å². The van der Waals surface area contributed by atoms with E-state index in [0.29, 0.717) is 30.0 Å². The Bertz CT molecular complexity index is 1200. The van der Waals surface area contributed by atoms with E-state index in [1.165, 1.54) is 31.1 Å². The molecule has 1 amide bonds. The lowest BCUT2D eigenvalue weighted by Crippen LogP contribution is -2.44. The smallest absolute Gasteiger partial charge is 0.246 e. The number of amides is 1. The first kappa shape index (κ1) is 25.0. The van der Waals surface area contributed by atoms with Crippen molar-refractivity contribution in [1.82, 2.24) is 4.31 Å². The summed E-state index contributed by atoms with van der Waals surface area (Å²) in [7, 11) is -3.93. The van der Waals surface area contributed by atoms with Crippen molar-refractivity contribution in [3.63, 3.8) is 0 Å². The van der Waals surface area contributed by atoms with Gasteiger partial charge in [0.05, 0.1) is 40.4 Å². The van der Waals surface area contributed by atoms with Crippen molar-refractivity contribution in [2.45, 2.75) is 24.3 Å². The summed E-state index contributed by atoms with van der Waals surface area (Å²) in [6.07, 6.45) is 0.377. The number of rotatable bonds is 9. The Balaban J connectivity index is 1.88. The van der Waals surface area contributed by atoms with Crippen LogP contribution in [0.3, 0.4) is 0 Å². The van der Waals surface area contributed by atoms with Gasteiger partial charge < -0.3 is 15.5 Å². The van der Waals surface area contributed by atoms with Gasteiger partial charge in [-0.05, 0) is 43.7 Å². The fourth-order valence-corrected chi connectivity index (χ4v) is 6.40. The average Bonchev–Trinajstić information content (AvgIpc) is 3.13. The maximum atomic E-state index is 13.3. The largest absolute Gasteiger partial charge is 0.384 e. The summed E-state index contributed by atoms with van der Waals surface area (Å²) in [6, 6.07) is 13.2. The van der Waals surface area contributed by atoms with Crippen LogP contribution in [-0.4, -0.2) is 71.8 Å². The topological polar surface area (TPSA) is 116 Å². The van der Waals surface area contributed by atoms with Crippen LogP contribution in [0.4, 0.5) is 17.1 Å². The van der Waals surface area contributed by atoms with Crippen LogP contribution in [0.25, 0.3) is 0 Å². The van der Waals surface area contributed by atoms with Crippen LogP contribution in [0.1, 0.15) is 13.3 Å². The lowest BCUT2D eigenvalue weighted by Gasteiger charge is -2.29. The molecule has 2 aromatic rings. The van der Waals surface area contributed by atoms with Gasteiger partial charge in [-0.15, -0.1) is 0 Å². The van der Waals surface area contributed by atoms with Gasteiger partial charge in [0.1, 0.15) is 0 Å². The number of para-hydroxylation sites is 1. The number of anilines is 3. The number of sulfonamides is 1. The van der Waals surface area contributed by atoms with Gasteiger partial charge in [-0.3, -0.25) is 4.79 Å². The zero-order valence-electron chi connectivity index (χ0n) is 19.0. The van der Waals surface area contributed by atoms with E-state index in [1.807, 2.05) is 13.0 Å². The minimum absolute atomic E-state index is 0.0523. The predicted molar refractivity (Wildman–Crippen MR) is 131 cm³/mol. The molecule has 1 aliphatic rings. The third-order valence-electron chi connectivity index (χ3n) is 5.44. The second-order valence-corrected chi connectivity index (χ2v) is 12.4. The second kappa shape index (κ2) is 10.1. The Kier molecular flexibility index (Phi) is 7.65. The fourth-order valence-electron chi connectivity index (χ4n) is 3.77. The molecule has 11 heteroatoms. The molecule has 0 spiro atoms. The monoisotopic (exact) mass is 494 g/mol. The molecule has 0 aromatic heterocycles. The first-order valence-electron chi connectivity index (χ1n) is 10.7. The number of hydrogen-bond acceptors (Lipinski definition) is 7. The molecule has 0 saturated carbocycles. The zero-order chi connectivity index (χ0) is 24.2. The van der Waals surface area contributed by atoms with Gasteiger partial charge in [0.2, 0.25) is 15.9 Å². The molecule has 1 atom stereocenters. The van der Waals surface area contributed by atoms with Gasteiger partial charge in [0, 0.05) is 26.3 Å². The van der Waals surface area contributed by atoms with E-state index in [9.17, 15) is 21.6 Å². The Hall–Kier alpha value is -2.63. The molecular formula is C22H30N4O5S2. The van der Waals surface area contributed by atoms with Gasteiger partial charge in [-0.1, -0.05) is 18.2 Å². The van der Waals surface area contributed by atoms with Crippen molar-refractivity contribution in [3.8, 4) is 0 Å². The zero-order valence-corrected chi connectivity index (χ0v) is 20.6. The minimum atomic E-state index is -3.65. The van der Waals surface area contributed by atoms with Gasteiger partial charge in [-0.25, -0.2) is 21.1 Å². The number of carbonyl (C=O) groups is 1. The summed E-state index contributed by atoms with van der Waals surface area (Å²) in [4.78, 5) is 14.9. The van der Waals surface area contributed by atoms with Crippen molar-refractivity contribution in [2.24, 2.45) is 0 Å². The molecule has 2 aromatic carbocycles. The Morgan fingerprint density at radius 1 is 1.06 bits per heavy atom. The van der Waals surface area contributed by atoms with Crippen LogP contribution in [0, 0.1) is 0 Å². The number of nitrogens with one attached hydrogen (secondary N) is 2. The highest BCUT2D eigenvalue weighted by Crippen LogP contribution is 2.28. The summed E-state index contributed by atoms with van der Waals surface area (Å²) >= 11 is 0. The summed E-state index contributed by atoms with van der Waals surface area (Å²) in [6.45, 7) is 2.39. The predicted octanol–water partition coefficient (Wildman–Crippen LogP) is 2.00. The molecular weight excluding hydrogens is 464 g/mol. The first-order chi connectivity index (χ1) is 15.5. The minimum Gasteiger partial charge on any atom is -0.384 e. The molecule has 1 saturated heterocycles. The van der Waals surface area contributed by atoms with Crippen molar-refractivity contribution in [1.29, 1.82) is 0 Å². The molecule has 0 bridgehead atoms. The molecule has 9 nitrogen and oxygen atoms in total. The number of sulfone groups is 1. The molecule has 33 heavy (non-hydrogen) atoms. The van der Waals surface area contributed by atoms with Crippen LogP contribution in [0.2, 0.25) is 0 Å². The number of nitrogens with zero attached hydrogens (tertiary/aromatic N) is 2. The summed E-state index contributed by atoms with van der Waals surface area (Å²) in [5.74, 6) is -0.324. The molecule has 2 N–H and O–H groups in total. The molecule has 0 aliphatic carbocycles. The van der Waals surface area contributed by atoms with Gasteiger partial charge in [0.25, 0.3) is 0 Å². The van der Waals surface area contributed by atoms with Crippen molar-refractivity contribution in [3.05, 3.63) is 48.5 Å². The van der Waals surface area contributed by atoms with Gasteiger partial charge in [0.15, 0.2) is 9.84 Å². The average molecular weight is 495 g/mol. The quantitative estimate of drug-likeness (QED) is 0.548. The Labute approximate surface area is 195 Å². The van der Waals surface area contributed by atoms with E-state index < -0.39 is 25.9 Å². The van der Waals surface area contributed by atoms with Crippen LogP contribution < -0.4 is 15.5 Å². The normalized spacial score (nSPS) is 17.6. The molecule has 1 unspecified atom stereocenters. The number of carbonyl (C=O) groups excluding carboxylic acids is 1. The fraction of sp³-hybridized carbons (Fsp3) is 0.409. The first-order valence-corrected chi connectivity index (χ1v) is 13.9. The third-order valence-corrected chi connectivity index (χ3v) is 9.00. The van der Waals surface area contributed by atoms with Gasteiger partial charge in [-0.2, -0.15) is 0 Å². The third kappa shape index (κ3) is 5.84. The molecule has 0 radical (unpaired) electrons. The van der Waals surface area contributed by atoms with Crippen LogP contribution in [0.15, 0.2) is 53.4 Å². The number of hydrogen-bond donors (Lipinski definition) is 2. The van der Waals surface area contributed by atoms with E-state index in [-0.39, 0.29) is 28.9 Å². The van der Waals surface area contributed by atoms with Crippen LogP contribution >= 0.6 is 0 Å². The SMILES string of the molecule is CCNc1ccc(S(=O)(=O)N(C)C)cc1NCC(=O)N(c1ccccc1)C1CCS(=O)(=O)C1. The Morgan fingerprint density at radius 3 is 2.33 bits per heavy atom. The molecule has 180 valence electrons. The van der Waals surface area contributed by atoms with Crippen LogP contribution in [0.5, 0.6) is 0 Å². The summed E-state index contributed by atoms with van der Waals surface area (Å²) in [5, 5.41) is 6.22. The highest BCUT2D eigenvalue weighted by Gasteiger charge is 2.35. The lowest BCUT2D eigenvalue weighted by atomic mass is 10.1. The highest BCUT2D eigenvalue weighted by atomic mass is 32.2. The highest BCUT2D eigenvalue weighted by molar-refractivity contribution is 7.91. The molecule has 1 heterocycles. The van der Waals surface area contributed by atoms with E-state index in [2.05, 4.69) is 10.6 Å². The molecule has 1 aliphatic heterocycles. The van der Waals surface area contributed by atoms with Crippen molar-refractivity contribution < 1.29 is 21.6 Å². The maximum absolute atomic E-state index is 13.3. The summed E-state index contributed by atoms with van der Waals surface area (Å²) < 4.78 is 50.4. The second-order valence-electron chi connectivity index (χ2n) is 8.03. The van der Waals surface area contributed by atoms with Crippen molar-refractivity contribution in [2.75, 3.05) is 54.2 Å². The standard InChI is InChI=1S/C22H30N4O5S2/c1-4-23-20-11-10-19(33(30,31)25(2)3)14-21(20)24-15-22(27)26(17-8-6-5-7-9-17)18-12-13-32(28,29)16-18/h5-11,14,18,23-24H,4,12-13,15-16H2,1-3H3. The Morgan fingerprint density at radius 2 is 1.76 bits per heavy atom. The van der Waals surface area contributed by atoms with Crippen molar-refractivity contribution >= 4 is 42.8 Å². The molecule has 1 fully saturated rings. The van der Waals surface area contributed by atoms with Crippen LogP contribution in [-0.2, 0) is 24.7 Å².